The number of benzene rings is 2. The van der Waals surface area contributed by atoms with Crippen LogP contribution in [0.2, 0.25) is 0 Å². The van der Waals surface area contributed by atoms with E-state index in [1.807, 2.05) is 0 Å². The molecular formula is C16H10FNO4S. The van der Waals surface area contributed by atoms with Gasteiger partial charge in [0.2, 0.25) is 0 Å². The number of rotatable bonds is 2. The highest BCUT2D eigenvalue weighted by molar-refractivity contribution is 8.19. The summed E-state index contributed by atoms with van der Waals surface area (Å²) in [6.07, 6.45) is 1.44. The van der Waals surface area contributed by atoms with Gasteiger partial charge in [-0.05, 0) is 59.8 Å². The molecular weight excluding hydrogens is 321 g/mol. The zero-order chi connectivity index (χ0) is 16.6. The van der Waals surface area contributed by atoms with Crippen molar-refractivity contribution in [1.29, 1.82) is 0 Å². The van der Waals surface area contributed by atoms with Gasteiger partial charge in [-0.3, -0.25) is 9.59 Å². The third-order valence-corrected chi connectivity index (χ3v) is 4.05. The SMILES string of the molecule is O=C1S/C(=C\c2ccc(O)c(O)c2)C(=O)N1c1ccc(F)cc1. The molecule has 0 aromatic heterocycles. The average Bonchev–Trinajstić information content (AvgIpc) is 2.79. The summed E-state index contributed by atoms with van der Waals surface area (Å²) in [5, 5.41) is 18.3. The molecule has 3 rings (SSSR count). The van der Waals surface area contributed by atoms with Crippen LogP contribution >= 0.6 is 11.8 Å². The number of anilines is 1. The highest BCUT2D eigenvalue weighted by Crippen LogP contribution is 2.36. The van der Waals surface area contributed by atoms with Gasteiger partial charge >= 0.3 is 0 Å². The lowest BCUT2D eigenvalue weighted by atomic mass is 10.2. The van der Waals surface area contributed by atoms with E-state index in [1.165, 1.54) is 48.5 Å². The molecule has 1 heterocycles. The number of phenolic OH excluding ortho intramolecular Hbond substituents is 2. The van der Waals surface area contributed by atoms with Crippen LogP contribution in [0.25, 0.3) is 6.08 Å². The number of hydrogen-bond donors (Lipinski definition) is 2. The van der Waals surface area contributed by atoms with E-state index in [9.17, 15) is 24.2 Å². The smallest absolute Gasteiger partial charge is 0.298 e. The number of phenols is 2. The summed E-state index contributed by atoms with van der Waals surface area (Å²) in [5.41, 5.74) is 0.746. The minimum atomic E-state index is -0.529. The van der Waals surface area contributed by atoms with Gasteiger partial charge in [-0.2, -0.15) is 0 Å². The fourth-order valence-electron chi connectivity index (χ4n) is 2.06. The van der Waals surface area contributed by atoms with E-state index < -0.39 is 17.0 Å². The molecule has 0 bridgehead atoms. The number of halogens is 1. The molecule has 7 heteroatoms. The minimum Gasteiger partial charge on any atom is -0.504 e. The number of imide groups is 1. The van der Waals surface area contributed by atoms with Gasteiger partial charge in [0, 0.05) is 0 Å². The molecule has 2 amide bonds. The van der Waals surface area contributed by atoms with Crippen molar-refractivity contribution in [3.8, 4) is 11.5 Å². The number of amides is 2. The van der Waals surface area contributed by atoms with Crippen LogP contribution in [0.5, 0.6) is 11.5 Å². The summed E-state index contributed by atoms with van der Waals surface area (Å²) in [7, 11) is 0. The van der Waals surface area contributed by atoms with Gasteiger partial charge in [0.15, 0.2) is 11.5 Å². The molecule has 0 unspecified atom stereocenters. The van der Waals surface area contributed by atoms with Crippen molar-refractivity contribution in [3.05, 3.63) is 58.8 Å². The first-order valence-electron chi connectivity index (χ1n) is 6.51. The largest absolute Gasteiger partial charge is 0.504 e. The maximum Gasteiger partial charge on any atom is 0.298 e. The van der Waals surface area contributed by atoms with Crippen molar-refractivity contribution in [2.45, 2.75) is 0 Å². The Balaban J connectivity index is 1.92. The Morgan fingerprint density at radius 1 is 1.00 bits per heavy atom. The van der Waals surface area contributed by atoms with Crippen molar-refractivity contribution in [2.24, 2.45) is 0 Å². The standard InChI is InChI=1S/C16H10FNO4S/c17-10-2-4-11(5-3-10)18-15(21)14(23-16(18)22)8-9-1-6-12(19)13(20)7-9/h1-8,19-20H/b14-8-. The molecule has 0 aliphatic carbocycles. The minimum absolute atomic E-state index is 0.171. The Morgan fingerprint density at radius 2 is 1.70 bits per heavy atom. The second-order valence-corrected chi connectivity index (χ2v) is 5.73. The van der Waals surface area contributed by atoms with E-state index in [2.05, 4.69) is 0 Å². The fraction of sp³-hybridized carbons (Fsp3) is 0. The van der Waals surface area contributed by atoms with Gasteiger partial charge in [-0.1, -0.05) is 6.07 Å². The summed E-state index contributed by atoms with van der Waals surface area (Å²) in [4.78, 5) is 25.5. The van der Waals surface area contributed by atoms with Crippen LogP contribution in [-0.4, -0.2) is 21.4 Å². The molecule has 0 spiro atoms. The zero-order valence-electron chi connectivity index (χ0n) is 11.6. The number of carbonyl (C=O) groups is 2. The number of thioether (sulfide) groups is 1. The van der Waals surface area contributed by atoms with Crippen molar-refractivity contribution in [3.63, 3.8) is 0 Å². The Morgan fingerprint density at radius 3 is 2.35 bits per heavy atom. The lowest BCUT2D eigenvalue weighted by Gasteiger charge is -2.11. The molecule has 2 aromatic rings. The predicted octanol–water partition coefficient (Wildman–Crippen LogP) is 3.48. The normalized spacial score (nSPS) is 16.4. The first kappa shape index (κ1) is 15.1. The topological polar surface area (TPSA) is 77.8 Å². The molecule has 0 saturated carbocycles. The van der Waals surface area contributed by atoms with Crippen molar-refractivity contribution in [1.82, 2.24) is 0 Å². The molecule has 5 nitrogen and oxygen atoms in total. The van der Waals surface area contributed by atoms with E-state index in [0.717, 1.165) is 16.7 Å². The second-order valence-electron chi connectivity index (χ2n) is 4.74. The monoisotopic (exact) mass is 331 g/mol. The molecule has 1 aliphatic rings. The third-order valence-electron chi connectivity index (χ3n) is 3.18. The number of aromatic hydroxyl groups is 2. The Kier molecular flexibility index (Phi) is 3.79. The Hall–Kier alpha value is -2.80. The number of carbonyl (C=O) groups excluding carboxylic acids is 2. The Labute approximate surface area is 134 Å². The number of hydrogen-bond acceptors (Lipinski definition) is 5. The summed E-state index contributed by atoms with van der Waals surface area (Å²) in [6.45, 7) is 0. The summed E-state index contributed by atoms with van der Waals surface area (Å²) >= 11 is 0.746. The molecule has 116 valence electrons. The van der Waals surface area contributed by atoms with Crippen molar-refractivity contribution >= 4 is 34.7 Å². The first-order valence-corrected chi connectivity index (χ1v) is 7.33. The molecule has 2 aromatic carbocycles. The van der Waals surface area contributed by atoms with Crippen LogP contribution in [0.3, 0.4) is 0 Å². The van der Waals surface area contributed by atoms with Crippen LogP contribution < -0.4 is 4.90 Å². The van der Waals surface area contributed by atoms with E-state index in [4.69, 9.17) is 0 Å². The lowest BCUT2D eigenvalue weighted by molar-refractivity contribution is -0.113. The van der Waals surface area contributed by atoms with Crippen molar-refractivity contribution in [2.75, 3.05) is 4.90 Å². The lowest BCUT2D eigenvalue weighted by Crippen LogP contribution is -2.27. The first-order chi connectivity index (χ1) is 11.0. The van der Waals surface area contributed by atoms with E-state index in [0.29, 0.717) is 5.56 Å². The third kappa shape index (κ3) is 2.91. The molecule has 2 N–H and O–H groups in total. The van der Waals surface area contributed by atoms with Crippen LogP contribution in [0.15, 0.2) is 47.4 Å². The maximum absolute atomic E-state index is 13.0. The molecule has 0 atom stereocenters. The van der Waals surface area contributed by atoms with Gasteiger partial charge < -0.3 is 10.2 Å². The van der Waals surface area contributed by atoms with Gasteiger partial charge in [-0.25, -0.2) is 9.29 Å². The highest BCUT2D eigenvalue weighted by Gasteiger charge is 2.36. The predicted molar refractivity (Wildman–Crippen MR) is 84.6 cm³/mol. The molecule has 23 heavy (non-hydrogen) atoms. The average molecular weight is 331 g/mol. The zero-order valence-corrected chi connectivity index (χ0v) is 12.4. The molecule has 0 radical (unpaired) electrons. The van der Waals surface area contributed by atoms with Crippen LogP contribution in [0, 0.1) is 5.82 Å². The van der Waals surface area contributed by atoms with E-state index in [1.54, 1.807) is 0 Å². The second kappa shape index (κ2) is 5.77. The summed E-state index contributed by atoms with van der Waals surface area (Å²) in [6, 6.07) is 9.09. The van der Waals surface area contributed by atoms with Gasteiger partial charge in [0.05, 0.1) is 10.6 Å². The quantitative estimate of drug-likeness (QED) is 0.651. The Bertz CT molecular complexity index is 832. The van der Waals surface area contributed by atoms with Gasteiger partial charge in [0.1, 0.15) is 5.82 Å². The fourth-order valence-corrected chi connectivity index (χ4v) is 2.90. The molecule has 1 fully saturated rings. The molecule has 1 saturated heterocycles. The van der Waals surface area contributed by atoms with E-state index >= 15 is 0 Å². The summed E-state index contributed by atoms with van der Waals surface area (Å²) in [5.74, 6) is -1.59. The van der Waals surface area contributed by atoms with Crippen LogP contribution in [-0.2, 0) is 4.79 Å². The van der Waals surface area contributed by atoms with Crippen molar-refractivity contribution < 1.29 is 24.2 Å². The van der Waals surface area contributed by atoms with E-state index in [-0.39, 0.29) is 22.1 Å². The summed E-state index contributed by atoms with van der Waals surface area (Å²) < 4.78 is 13.0. The highest BCUT2D eigenvalue weighted by atomic mass is 32.2. The maximum atomic E-state index is 13.0. The van der Waals surface area contributed by atoms with Gasteiger partial charge in [0.25, 0.3) is 11.1 Å². The van der Waals surface area contributed by atoms with Crippen LogP contribution in [0.4, 0.5) is 14.9 Å². The van der Waals surface area contributed by atoms with Crippen LogP contribution in [0.1, 0.15) is 5.56 Å². The number of nitrogens with zero attached hydrogens (tertiary/aromatic N) is 1. The van der Waals surface area contributed by atoms with Gasteiger partial charge in [-0.15, -0.1) is 0 Å². The molecule has 1 aliphatic heterocycles.